The molecule has 2 N–H and O–H groups in total. The van der Waals surface area contributed by atoms with Crippen molar-refractivity contribution in [2.45, 2.75) is 6.42 Å². The first-order valence-corrected chi connectivity index (χ1v) is 6.65. The topological polar surface area (TPSA) is 66.4 Å². The summed E-state index contributed by atoms with van der Waals surface area (Å²) in [6.45, 7) is 0. The number of nitrogens with one attached hydrogen (secondary N) is 1. The lowest BCUT2D eigenvalue weighted by Crippen LogP contribution is -2.24. The number of anilines is 1. The maximum atomic E-state index is 13.6. The van der Waals surface area contributed by atoms with Gasteiger partial charge in [0.25, 0.3) is 0 Å². The molecule has 0 bridgehead atoms. The quantitative estimate of drug-likeness (QED) is 0.883. The van der Waals surface area contributed by atoms with Gasteiger partial charge in [0, 0.05) is 11.7 Å². The molecule has 18 heavy (non-hydrogen) atoms. The van der Waals surface area contributed by atoms with Gasteiger partial charge in [-0.2, -0.15) is 11.8 Å². The lowest BCUT2D eigenvalue weighted by molar-refractivity contribution is -0.119. The number of benzene rings is 1. The first kappa shape index (κ1) is 12.9. The minimum atomic E-state index is -1.26. The number of thioether (sulfide) groups is 1. The summed E-state index contributed by atoms with van der Waals surface area (Å²) in [5.41, 5.74) is -0.471. The van der Waals surface area contributed by atoms with Crippen LogP contribution in [0.25, 0.3) is 0 Å². The molecule has 1 aliphatic rings. The van der Waals surface area contributed by atoms with E-state index in [1.807, 2.05) is 0 Å². The second-order valence-electron chi connectivity index (χ2n) is 4.02. The molecule has 0 radical (unpaired) electrons. The standard InChI is InChI=1S/C12H12FNO3S/c13-9-3-1-2-8(12(16)17)10(9)14-11(15)7-4-5-18-6-7/h1-3,7H,4-6H2,(H,14,15)(H,16,17). The highest BCUT2D eigenvalue weighted by atomic mass is 32.2. The van der Waals surface area contributed by atoms with Crippen molar-refractivity contribution in [3.8, 4) is 0 Å². The molecule has 1 aromatic carbocycles. The summed E-state index contributed by atoms with van der Waals surface area (Å²) in [6.07, 6.45) is 0.743. The van der Waals surface area contributed by atoms with Crippen LogP contribution in [0.3, 0.4) is 0 Å². The summed E-state index contributed by atoms with van der Waals surface area (Å²) in [5, 5.41) is 11.3. The van der Waals surface area contributed by atoms with Crippen molar-refractivity contribution in [1.29, 1.82) is 0 Å². The Balaban J connectivity index is 2.22. The van der Waals surface area contributed by atoms with Crippen LogP contribution in [0.2, 0.25) is 0 Å². The van der Waals surface area contributed by atoms with E-state index in [1.54, 1.807) is 11.8 Å². The SMILES string of the molecule is O=C(O)c1cccc(F)c1NC(=O)C1CCSC1. The van der Waals surface area contributed by atoms with E-state index in [4.69, 9.17) is 5.11 Å². The molecule has 1 aromatic rings. The number of carboxylic acid groups (broad SMARTS) is 1. The molecule has 1 atom stereocenters. The van der Waals surface area contributed by atoms with Gasteiger partial charge in [-0.3, -0.25) is 4.79 Å². The molecule has 1 fully saturated rings. The fourth-order valence-electron chi connectivity index (χ4n) is 1.80. The minimum absolute atomic E-state index is 0.170. The molecule has 0 spiro atoms. The van der Waals surface area contributed by atoms with Gasteiger partial charge in [-0.25, -0.2) is 9.18 Å². The number of halogens is 1. The molecule has 6 heteroatoms. The van der Waals surface area contributed by atoms with Crippen LogP contribution >= 0.6 is 11.8 Å². The highest BCUT2D eigenvalue weighted by Gasteiger charge is 2.25. The molecule has 96 valence electrons. The zero-order valence-corrected chi connectivity index (χ0v) is 10.3. The van der Waals surface area contributed by atoms with E-state index in [1.165, 1.54) is 12.1 Å². The van der Waals surface area contributed by atoms with Gasteiger partial charge in [0.05, 0.1) is 11.3 Å². The van der Waals surface area contributed by atoms with Crippen LogP contribution in [0.5, 0.6) is 0 Å². The van der Waals surface area contributed by atoms with Crippen LogP contribution < -0.4 is 5.32 Å². The summed E-state index contributed by atoms with van der Waals surface area (Å²) in [5.74, 6) is -0.868. The molecule has 0 saturated carbocycles. The summed E-state index contributed by atoms with van der Waals surface area (Å²) < 4.78 is 13.6. The van der Waals surface area contributed by atoms with Crippen molar-refractivity contribution < 1.29 is 19.1 Å². The Morgan fingerprint density at radius 1 is 1.44 bits per heavy atom. The van der Waals surface area contributed by atoms with Crippen LogP contribution in [-0.2, 0) is 4.79 Å². The predicted molar refractivity (Wildman–Crippen MR) is 67.4 cm³/mol. The Hall–Kier alpha value is -1.56. The number of carbonyl (C=O) groups excluding carboxylic acids is 1. The Bertz CT molecular complexity index is 486. The van der Waals surface area contributed by atoms with Crippen molar-refractivity contribution in [3.63, 3.8) is 0 Å². The normalized spacial score (nSPS) is 18.6. The molecule has 1 aliphatic heterocycles. The van der Waals surface area contributed by atoms with Crippen LogP contribution in [0.1, 0.15) is 16.8 Å². The lowest BCUT2D eigenvalue weighted by Gasteiger charge is -2.12. The Labute approximate surface area is 108 Å². The van der Waals surface area contributed by atoms with E-state index in [2.05, 4.69) is 5.32 Å². The van der Waals surface area contributed by atoms with Crippen LogP contribution in [-0.4, -0.2) is 28.5 Å². The van der Waals surface area contributed by atoms with E-state index >= 15 is 0 Å². The monoisotopic (exact) mass is 269 g/mol. The van der Waals surface area contributed by atoms with Crippen LogP contribution in [0, 0.1) is 11.7 Å². The Morgan fingerprint density at radius 2 is 2.22 bits per heavy atom. The highest BCUT2D eigenvalue weighted by molar-refractivity contribution is 7.99. The third-order valence-corrected chi connectivity index (χ3v) is 3.96. The molecule has 4 nitrogen and oxygen atoms in total. The number of aromatic carboxylic acids is 1. The van der Waals surface area contributed by atoms with Crippen molar-refractivity contribution in [2.75, 3.05) is 16.8 Å². The molecule has 1 heterocycles. The van der Waals surface area contributed by atoms with Crippen molar-refractivity contribution in [1.82, 2.24) is 0 Å². The molecule has 1 amide bonds. The average molecular weight is 269 g/mol. The van der Waals surface area contributed by atoms with Crippen molar-refractivity contribution >= 4 is 29.3 Å². The van der Waals surface area contributed by atoms with Gasteiger partial charge in [-0.15, -0.1) is 0 Å². The largest absolute Gasteiger partial charge is 0.478 e. The number of rotatable bonds is 3. The number of carboxylic acids is 1. The van der Waals surface area contributed by atoms with Gasteiger partial charge in [0.1, 0.15) is 5.82 Å². The number of para-hydroxylation sites is 1. The third kappa shape index (κ3) is 2.64. The van der Waals surface area contributed by atoms with Gasteiger partial charge < -0.3 is 10.4 Å². The van der Waals surface area contributed by atoms with Gasteiger partial charge in [0.15, 0.2) is 0 Å². The predicted octanol–water partition coefficient (Wildman–Crippen LogP) is 2.22. The zero-order chi connectivity index (χ0) is 13.1. The fraction of sp³-hybridized carbons (Fsp3) is 0.333. The lowest BCUT2D eigenvalue weighted by atomic mass is 10.1. The van der Waals surface area contributed by atoms with Crippen molar-refractivity contribution in [2.24, 2.45) is 5.92 Å². The first-order chi connectivity index (χ1) is 8.59. The maximum Gasteiger partial charge on any atom is 0.337 e. The summed E-state index contributed by atoms with van der Waals surface area (Å²) in [7, 11) is 0. The summed E-state index contributed by atoms with van der Waals surface area (Å²) in [6, 6.07) is 3.70. The van der Waals surface area contributed by atoms with E-state index < -0.39 is 11.8 Å². The van der Waals surface area contributed by atoms with E-state index in [0.717, 1.165) is 18.2 Å². The molecule has 1 saturated heterocycles. The third-order valence-electron chi connectivity index (χ3n) is 2.79. The second kappa shape index (κ2) is 5.39. The number of carbonyl (C=O) groups is 2. The van der Waals surface area contributed by atoms with Gasteiger partial charge in [0.2, 0.25) is 5.91 Å². The molecule has 2 rings (SSSR count). The van der Waals surface area contributed by atoms with Crippen LogP contribution in [0.15, 0.2) is 18.2 Å². The molecule has 0 aromatic heterocycles. The van der Waals surface area contributed by atoms with Gasteiger partial charge in [-0.05, 0) is 24.3 Å². The zero-order valence-electron chi connectivity index (χ0n) is 9.48. The fourth-order valence-corrected chi connectivity index (χ4v) is 3.02. The maximum absolute atomic E-state index is 13.6. The van der Waals surface area contributed by atoms with Gasteiger partial charge >= 0.3 is 5.97 Å². The molecular formula is C12H12FNO3S. The van der Waals surface area contributed by atoms with Crippen LogP contribution in [0.4, 0.5) is 10.1 Å². The Kier molecular flexibility index (Phi) is 3.86. The number of amides is 1. The second-order valence-corrected chi connectivity index (χ2v) is 5.17. The van der Waals surface area contributed by atoms with Gasteiger partial charge in [-0.1, -0.05) is 6.07 Å². The van der Waals surface area contributed by atoms with Crippen molar-refractivity contribution in [3.05, 3.63) is 29.6 Å². The molecular weight excluding hydrogens is 257 g/mol. The first-order valence-electron chi connectivity index (χ1n) is 5.50. The smallest absolute Gasteiger partial charge is 0.337 e. The minimum Gasteiger partial charge on any atom is -0.478 e. The van der Waals surface area contributed by atoms with E-state index in [9.17, 15) is 14.0 Å². The molecule has 1 unspecified atom stereocenters. The van der Waals surface area contributed by atoms with E-state index in [0.29, 0.717) is 5.75 Å². The Morgan fingerprint density at radius 3 is 2.83 bits per heavy atom. The number of hydrogen-bond donors (Lipinski definition) is 2. The molecule has 0 aliphatic carbocycles. The summed E-state index contributed by atoms with van der Waals surface area (Å²) in [4.78, 5) is 22.8. The highest BCUT2D eigenvalue weighted by Crippen LogP contribution is 2.26. The summed E-state index contributed by atoms with van der Waals surface area (Å²) >= 11 is 1.66. The number of hydrogen-bond acceptors (Lipinski definition) is 3. The average Bonchev–Trinajstić information content (AvgIpc) is 2.85. The van der Waals surface area contributed by atoms with E-state index in [-0.39, 0.29) is 23.1 Å².